The van der Waals surface area contributed by atoms with E-state index in [2.05, 4.69) is 24.5 Å². The topological polar surface area (TPSA) is 41.1 Å². The van der Waals surface area contributed by atoms with Crippen LogP contribution in [-0.4, -0.2) is 24.5 Å². The molecule has 2 N–H and O–H groups in total. The molecule has 0 aromatic carbocycles. The Bertz CT molecular complexity index is 235. The summed E-state index contributed by atoms with van der Waals surface area (Å²) in [6, 6.07) is 1.11. The average Bonchev–Trinajstić information content (AvgIpc) is 2.43. The van der Waals surface area contributed by atoms with E-state index in [1.165, 1.54) is 38.5 Å². The van der Waals surface area contributed by atoms with Crippen molar-refractivity contribution in [2.45, 2.75) is 90.1 Å². The molecule has 3 heteroatoms. The minimum atomic E-state index is 0.265. The summed E-state index contributed by atoms with van der Waals surface area (Å²) < 4.78 is 0. The predicted molar refractivity (Wildman–Crippen MR) is 81.2 cm³/mol. The van der Waals surface area contributed by atoms with Gasteiger partial charge in [0.25, 0.3) is 0 Å². The summed E-state index contributed by atoms with van der Waals surface area (Å²) in [5.74, 6) is 0.265. The molecule has 0 aromatic rings. The van der Waals surface area contributed by atoms with E-state index < -0.39 is 0 Å². The first-order valence-electron chi connectivity index (χ1n) is 8.29. The number of unbranched alkanes of at least 4 members (excludes halogenated alkanes) is 3. The molecule has 1 aliphatic rings. The van der Waals surface area contributed by atoms with Crippen molar-refractivity contribution < 1.29 is 4.79 Å². The molecule has 0 radical (unpaired) electrons. The summed E-state index contributed by atoms with van der Waals surface area (Å²) in [5.41, 5.74) is 0. The Kier molecular flexibility index (Phi) is 8.89. The van der Waals surface area contributed by atoms with E-state index in [4.69, 9.17) is 0 Å². The van der Waals surface area contributed by atoms with Gasteiger partial charge in [0.15, 0.2) is 0 Å². The van der Waals surface area contributed by atoms with Crippen molar-refractivity contribution in [2.75, 3.05) is 6.54 Å². The second kappa shape index (κ2) is 10.2. The molecule has 0 spiro atoms. The van der Waals surface area contributed by atoms with Gasteiger partial charge < -0.3 is 10.6 Å². The molecule has 19 heavy (non-hydrogen) atoms. The van der Waals surface area contributed by atoms with Crippen molar-refractivity contribution in [2.24, 2.45) is 0 Å². The van der Waals surface area contributed by atoms with Crippen LogP contribution in [0.5, 0.6) is 0 Å². The van der Waals surface area contributed by atoms with Crippen molar-refractivity contribution >= 4 is 5.91 Å². The molecule has 0 bridgehead atoms. The van der Waals surface area contributed by atoms with Crippen LogP contribution in [0.25, 0.3) is 0 Å². The van der Waals surface area contributed by atoms with Gasteiger partial charge in [-0.1, -0.05) is 33.1 Å². The van der Waals surface area contributed by atoms with Crippen molar-refractivity contribution in [3.63, 3.8) is 0 Å². The zero-order valence-corrected chi connectivity index (χ0v) is 12.8. The first kappa shape index (κ1) is 16.5. The normalized spacial score (nSPS) is 23.3. The van der Waals surface area contributed by atoms with E-state index in [9.17, 15) is 4.79 Å². The standard InChI is InChI=1S/C16H32N2O/c1-3-5-6-7-8-16(19)18-15-11-9-14(10-12-15)17-13-4-2/h14-15,17H,3-13H2,1-2H3,(H,18,19). The second-order valence-corrected chi connectivity index (χ2v) is 5.88. The van der Waals surface area contributed by atoms with Crippen LogP contribution in [-0.2, 0) is 4.79 Å². The molecule has 1 amide bonds. The van der Waals surface area contributed by atoms with Crippen LogP contribution in [0.2, 0.25) is 0 Å². The van der Waals surface area contributed by atoms with E-state index in [1.807, 2.05) is 0 Å². The van der Waals surface area contributed by atoms with Crippen molar-refractivity contribution in [3.8, 4) is 0 Å². The molecule has 0 aromatic heterocycles. The van der Waals surface area contributed by atoms with Gasteiger partial charge in [-0.15, -0.1) is 0 Å². The largest absolute Gasteiger partial charge is 0.353 e. The molecule has 0 unspecified atom stereocenters. The van der Waals surface area contributed by atoms with Gasteiger partial charge in [-0.3, -0.25) is 4.79 Å². The van der Waals surface area contributed by atoms with Gasteiger partial charge >= 0.3 is 0 Å². The van der Waals surface area contributed by atoms with Gasteiger partial charge in [-0.05, 0) is 45.1 Å². The minimum absolute atomic E-state index is 0.265. The molecule has 0 atom stereocenters. The number of hydrogen-bond acceptors (Lipinski definition) is 2. The molecule has 0 aliphatic heterocycles. The number of carbonyl (C=O) groups is 1. The van der Waals surface area contributed by atoms with E-state index in [0.717, 1.165) is 25.8 Å². The molecule has 0 saturated heterocycles. The van der Waals surface area contributed by atoms with Gasteiger partial charge in [-0.2, -0.15) is 0 Å². The maximum Gasteiger partial charge on any atom is 0.220 e. The smallest absolute Gasteiger partial charge is 0.220 e. The van der Waals surface area contributed by atoms with Crippen molar-refractivity contribution in [1.82, 2.24) is 10.6 Å². The third-order valence-corrected chi connectivity index (χ3v) is 4.03. The Hall–Kier alpha value is -0.570. The number of amides is 1. The molecule has 1 aliphatic carbocycles. The summed E-state index contributed by atoms with van der Waals surface area (Å²) in [5, 5.41) is 6.79. The van der Waals surface area contributed by atoms with Crippen LogP contribution in [0.3, 0.4) is 0 Å². The summed E-state index contributed by atoms with van der Waals surface area (Å²) in [7, 11) is 0. The zero-order valence-electron chi connectivity index (χ0n) is 12.8. The van der Waals surface area contributed by atoms with E-state index in [1.54, 1.807) is 0 Å². The van der Waals surface area contributed by atoms with Crippen LogP contribution in [0.4, 0.5) is 0 Å². The third-order valence-electron chi connectivity index (χ3n) is 4.03. The second-order valence-electron chi connectivity index (χ2n) is 5.88. The number of rotatable bonds is 9. The molecule has 3 nitrogen and oxygen atoms in total. The van der Waals surface area contributed by atoms with Gasteiger partial charge in [-0.25, -0.2) is 0 Å². The summed E-state index contributed by atoms with van der Waals surface area (Å²) >= 11 is 0. The highest BCUT2D eigenvalue weighted by molar-refractivity contribution is 5.76. The van der Waals surface area contributed by atoms with Crippen LogP contribution in [0.1, 0.15) is 78.1 Å². The molecule has 1 saturated carbocycles. The summed E-state index contributed by atoms with van der Waals surface area (Å²) in [4.78, 5) is 11.8. The van der Waals surface area contributed by atoms with Gasteiger partial charge in [0.05, 0.1) is 0 Å². The van der Waals surface area contributed by atoms with Gasteiger partial charge in [0, 0.05) is 18.5 Å². The number of carbonyl (C=O) groups excluding carboxylic acids is 1. The lowest BCUT2D eigenvalue weighted by Gasteiger charge is -2.29. The van der Waals surface area contributed by atoms with E-state index in [-0.39, 0.29) is 5.91 Å². The number of hydrogen-bond donors (Lipinski definition) is 2. The fourth-order valence-electron chi connectivity index (χ4n) is 2.80. The summed E-state index contributed by atoms with van der Waals surface area (Å²) in [6.45, 7) is 5.53. The van der Waals surface area contributed by atoms with Gasteiger partial charge in [0.1, 0.15) is 0 Å². The predicted octanol–water partition coefficient (Wildman–Crippen LogP) is 3.38. The molecule has 112 valence electrons. The maximum absolute atomic E-state index is 11.8. The Morgan fingerprint density at radius 3 is 2.26 bits per heavy atom. The van der Waals surface area contributed by atoms with E-state index >= 15 is 0 Å². The molecule has 0 heterocycles. The fourth-order valence-corrected chi connectivity index (χ4v) is 2.80. The zero-order chi connectivity index (χ0) is 13.9. The maximum atomic E-state index is 11.8. The lowest BCUT2D eigenvalue weighted by atomic mass is 9.91. The Balaban J connectivity index is 2.06. The van der Waals surface area contributed by atoms with Crippen molar-refractivity contribution in [1.29, 1.82) is 0 Å². The Labute approximate surface area is 118 Å². The Morgan fingerprint density at radius 1 is 0.947 bits per heavy atom. The average molecular weight is 268 g/mol. The van der Waals surface area contributed by atoms with Gasteiger partial charge in [0.2, 0.25) is 5.91 Å². The third kappa shape index (κ3) is 7.56. The highest BCUT2D eigenvalue weighted by atomic mass is 16.1. The highest BCUT2D eigenvalue weighted by Gasteiger charge is 2.21. The lowest BCUT2D eigenvalue weighted by Crippen LogP contribution is -2.42. The van der Waals surface area contributed by atoms with Crippen LogP contribution in [0, 0.1) is 0 Å². The first-order valence-corrected chi connectivity index (χ1v) is 8.29. The van der Waals surface area contributed by atoms with Crippen LogP contribution in [0.15, 0.2) is 0 Å². The SMILES string of the molecule is CCCCCCC(=O)NC1CCC(NCCC)CC1. The van der Waals surface area contributed by atoms with Crippen LogP contribution >= 0.6 is 0 Å². The first-order chi connectivity index (χ1) is 9.26. The van der Waals surface area contributed by atoms with Crippen LogP contribution < -0.4 is 10.6 Å². The molecule has 1 fully saturated rings. The summed E-state index contributed by atoms with van der Waals surface area (Å²) in [6.07, 6.45) is 11.3. The van der Waals surface area contributed by atoms with E-state index in [0.29, 0.717) is 18.5 Å². The fraction of sp³-hybridized carbons (Fsp3) is 0.938. The molecular formula is C16H32N2O. The molecular weight excluding hydrogens is 236 g/mol. The number of nitrogens with one attached hydrogen (secondary N) is 2. The Morgan fingerprint density at radius 2 is 1.63 bits per heavy atom. The monoisotopic (exact) mass is 268 g/mol. The highest BCUT2D eigenvalue weighted by Crippen LogP contribution is 2.18. The molecule has 1 rings (SSSR count). The quantitative estimate of drug-likeness (QED) is 0.629. The lowest BCUT2D eigenvalue weighted by molar-refractivity contribution is -0.122. The minimum Gasteiger partial charge on any atom is -0.353 e. The van der Waals surface area contributed by atoms with Crippen molar-refractivity contribution in [3.05, 3.63) is 0 Å².